The lowest BCUT2D eigenvalue weighted by Crippen LogP contribution is -2.34. The minimum atomic E-state index is -0.569. The van der Waals surface area contributed by atoms with E-state index in [1.54, 1.807) is 6.07 Å². The molecule has 2 atom stereocenters. The molecule has 1 aromatic carbocycles. The Labute approximate surface area is 124 Å². The maximum absolute atomic E-state index is 13.3. The lowest BCUT2D eigenvalue weighted by atomic mass is 10.2. The zero-order chi connectivity index (χ0) is 14.7. The predicted molar refractivity (Wildman–Crippen MR) is 78.1 cm³/mol. The monoisotopic (exact) mass is 295 g/mol. The van der Waals surface area contributed by atoms with Crippen molar-refractivity contribution in [1.29, 1.82) is 0 Å². The summed E-state index contributed by atoms with van der Waals surface area (Å²) in [6.07, 6.45) is 2.64. The van der Waals surface area contributed by atoms with Crippen molar-refractivity contribution < 1.29 is 19.0 Å². The number of nitrogens with zero attached hydrogens (tertiary/aromatic N) is 1. The Bertz CT molecular complexity index is 477. The normalized spacial score (nSPS) is 22.6. The minimum Gasteiger partial charge on any atom is -0.389 e. The third-order valence-electron chi connectivity index (χ3n) is 4.11. The van der Waals surface area contributed by atoms with Crippen LogP contribution in [0.4, 0.5) is 10.1 Å². The molecule has 3 rings (SSSR count). The van der Waals surface area contributed by atoms with Crippen LogP contribution in [-0.2, 0) is 15.9 Å². The summed E-state index contributed by atoms with van der Waals surface area (Å²) in [4.78, 5) is 2.03. The minimum absolute atomic E-state index is 0.179. The molecule has 2 aliphatic rings. The second-order valence-electron chi connectivity index (χ2n) is 5.80. The van der Waals surface area contributed by atoms with E-state index in [2.05, 4.69) is 0 Å². The molecule has 0 radical (unpaired) electrons. The quantitative estimate of drug-likeness (QED) is 0.868. The number of halogens is 1. The van der Waals surface area contributed by atoms with Gasteiger partial charge in [-0.05, 0) is 37.0 Å². The van der Waals surface area contributed by atoms with Crippen LogP contribution in [0.2, 0.25) is 0 Å². The molecule has 0 aliphatic carbocycles. The second kappa shape index (κ2) is 6.73. The number of fused-ring (bicyclic) bond motifs is 1. The summed E-state index contributed by atoms with van der Waals surface area (Å²) in [6.45, 7) is 2.94. The SMILES string of the molecule is O[C@@H](COC[C@@H]1CCCO1)CN1CCc2ccc(F)cc21. The number of anilines is 1. The number of β-amino-alcohol motifs (C(OH)–C–C–N with tert-alkyl or cyclic N) is 1. The van der Waals surface area contributed by atoms with Gasteiger partial charge in [-0.25, -0.2) is 4.39 Å². The van der Waals surface area contributed by atoms with E-state index >= 15 is 0 Å². The Morgan fingerprint density at radius 1 is 1.48 bits per heavy atom. The van der Waals surface area contributed by atoms with Gasteiger partial charge in [0.15, 0.2) is 0 Å². The van der Waals surface area contributed by atoms with E-state index in [1.807, 2.05) is 11.0 Å². The van der Waals surface area contributed by atoms with Crippen molar-refractivity contribution in [3.05, 3.63) is 29.6 Å². The number of benzene rings is 1. The van der Waals surface area contributed by atoms with E-state index in [0.717, 1.165) is 43.7 Å². The lowest BCUT2D eigenvalue weighted by molar-refractivity contribution is -0.0149. The van der Waals surface area contributed by atoms with Crippen molar-refractivity contribution >= 4 is 5.69 Å². The molecule has 2 heterocycles. The van der Waals surface area contributed by atoms with Crippen LogP contribution in [0.5, 0.6) is 0 Å². The molecule has 2 aliphatic heterocycles. The molecule has 0 amide bonds. The molecule has 1 aromatic rings. The van der Waals surface area contributed by atoms with Gasteiger partial charge < -0.3 is 19.5 Å². The Balaban J connectivity index is 1.45. The molecule has 1 saturated heterocycles. The fourth-order valence-corrected chi connectivity index (χ4v) is 3.03. The molecule has 1 fully saturated rings. The van der Waals surface area contributed by atoms with Crippen molar-refractivity contribution in [1.82, 2.24) is 0 Å². The largest absolute Gasteiger partial charge is 0.389 e. The average molecular weight is 295 g/mol. The number of rotatable bonds is 6. The van der Waals surface area contributed by atoms with Crippen molar-refractivity contribution in [2.24, 2.45) is 0 Å². The third kappa shape index (κ3) is 3.73. The molecule has 0 saturated carbocycles. The molecule has 0 aromatic heterocycles. The summed E-state index contributed by atoms with van der Waals surface area (Å²) < 4.78 is 24.3. The third-order valence-corrected chi connectivity index (χ3v) is 4.11. The van der Waals surface area contributed by atoms with Crippen molar-refractivity contribution in [2.75, 3.05) is 37.8 Å². The van der Waals surface area contributed by atoms with E-state index in [-0.39, 0.29) is 11.9 Å². The molecular weight excluding hydrogens is 273 g/mol. The Morgan fingerprint density at radius 3 is 3.19 bits per heavy atom. The van der Waals surface area contributed by atoms with E-state index in [0.29, 0.717) is 19.8 Å². The Morgan fingerprint density at radius 2 is 2.38 bits per heavy atom. The fourth-order valence-electron chi connectivity index (χ4n) is 3.03. The van der Waals surface area contributed by atoms with Gasteiger partial charge in [-0.15, -0.1) is 0 Å². The van der Waals surface area contributed by atoms with E-state index in [4.69, 9.17) is 9.47 Å². The Kier molecular flexibility index (Phi) is 4.73. The molecular formula is C16H22FNO3. The summed E-state index contributed by atoms with van der Waals surface area (Å²) in [6, 6.07) is 4.86. The highest BCUT2D eigenvalue weighted by molar-refractivity contribution is 5.58. The molecule has 0 spiro atoms. The van der Waals surface area contributed by atoms with Crippen LogP contribution in [0.1, 0.15) is 18.4 Å². The topological polar surface area (TPSA) is 41.9 Å². The summed E-state index contributed by atoms with van der Waals surface area (Å²) in [5.41, 5.74) is 2.04. The highest BCUT2D eigenvalue weighted by atomic mass is 19.1. The smallest absolute Gasteiger partial charge is 0.125 e. The first-order chi connectivity index (χ1) is 10.2. The van der Waals surface area contributed by atoms with E-state index in [9.17, 15) is 9.50 Å². The molecule has 0 bridgehead atoms. The highest BCUT2D eigenvalue weighted by Gasteiger charge is 2.22. The van der Waals surface area contributed by atoms with Crippen LogP contribution in [-0.4, -0.2) is 50.2 Å². The van der Waals surface area contributed by atoms with E-state index in [1.165, 1.54) is 6.07 Å². The first-order valence-electron chi connectivity index (χ1n) is 7.63. The van der Waals surface area contributed by atoms with Crippen LogP contribution in [0.3, 0.4) is 0 Å². The number of ether oxygens (including phenoxy) is 2. The lowest BCUT2D eigenvalue weighted by Gasteiger charge is -2.23. The summed E-state index contributed by atoms with van der Waals surface area (Å²) in [7, 11) is 0. The second-order valence-corrected chi connectivity index (χ2v) is 5.80. The maximum atomic E-state index is 13.3. The van der Waals surface area contributed by atoms with Crippen LogP contribution in [0.25, 0.3) is 0 Å². The number of hydrogen-bond donors (Lipinski definition) is 1. The van der Waals surface area contributed by atoms with Crippen molar-refractivity contribution in [2.45, 2.75) is 31.5 Å². The number of hydrogen-bond acceptors (Lipinski definition) is 4. The summed E-state index contributed by atoms with van der Waals surface area (Å²) in [5, 5.41) is 10.1. The molecule has 21 heavy (non-hydrogen) atoms. The van der Waals surface area contributed by atoms with Gasteiger partial charge in [0.2, 0.25) is 0 Å². The molecule has 116 valence electrons. The zero-order valence-electron chi connectivity index (χ0n) is 12.1. The van der Waals surface area contributed by atoms with Crippen molar-refractivity contribution in [3.8, 4) is 0 Å². The van der Waals surface area contributed by atoms with Gasteiger partial charge in [-0.2, -0.15) is 0 Å². The summed E-state index contributed by atoms with van der Waals surface area (Å²) >= 11 is 0. The Hall–Kier alpha value is -1.17. The maximum Gasteiger partial charge on any atom is 0.125 e. The number of aliphatic hydroxyl groups is 1. The van der Waals surface area contributed by atoms with Crippen LogP contribution < -0.4 is 4.90 Å². The van der Waals surface area contributed by atoms with E-state index < -0.39 is 6.10 Å². The molecule has 1 N–H and O–H groups in total. The van der Waals surface area contributed by atoms with Crippen LogP contribution >= 0.6 is 0 Å². The first kappa shape index (κ1) is 14.8. The molecule has 4 nitrogen and oxygen atoms in total. The van der Waals surface area contributed by atoms with Crippen LogP contribution in [0.15, 0.2) is 18.2 Å². The average Bonchev–Trinajstić information content (AvgIpc) is 3.09. The van der Waals surface area contributed by atoms with Crippen molar-refractivity contribution in [3.63, 3.8) is 0 Å². The fraction of sp³-hybridized carbons (Fsp3) is 0.625. The van der Waals surface area contributed by atoms with Crippen LogP contribution in [0, 0.1) is 5.82 Å². The molecule has 5 heteroatoms. The van der Waals surface area contributed by atoms with Gasteiger partial charge in [-0.1, -0.05) is 6.07 Å². The van der Waals surface area contributed by atoms with Gasteiger partial charge >= 0.3 is 0 Å². The van der Waals surface area contributed by atoms with Gasteiger partial charge in [0, 0.05) is 25.4 Å². The van der Waals surface area contributed by atoms with Gasteiger partial charge in [0.1, 0.15) is 5.82 Å². The van der Waals surface area contributed by atoms with Gasteiger partial charge in [0.05, 0.1) is 25.4 Å². The summed E-state index contributed by atoms with van der Waals surface area (Å²) in [5.74, 6) is -0.232. The first-order valence-corrected chi connectivity index (χ1v) is 7.63. The molecule has 0 unspecified atom stereocenters. The zero-order valence-corrected chi connectivity index (χ0v) is 12.1. The number of aliphatic hydroxyl groups excluding tert-OH is 1. The predicted octanol–water partition coefficient (Wildman–Crippen LogP) is 1.74. The van der Waals surface area contributed by atoms with Gasteiger partial charge in [0.25, 0.3) is 0 Å². The van der Waals surface area contributed by atoms with Gasteiger partial charge in [-0.3, -0.25) is 0 Å². The standard InChI is InChI=1S/C16H22FNO3/c17-13-4-3-12-5-6-18(16(12)8-13)9-14(19)10-20-11-15-2-1-7-21-15/h3-4,8,14-15,19H,1-2,5-7,9-11H2/t14-,15+/m1/s1. The highest BCUT2D eigenvalue weighted by Crippen LogP contribution is 2.28.